The summed E-state index contributed by atoms with van der Waals surface area (Å²) in [7, 11) is 3.22. The van der Waals surface area contributed by atoms with E-state index in [0.717, 1.165) is 0 Å². The fourth-order valence-corrected chi connectivity index (χ4v) is 1.67. The van der Waals surface area contributed by atoms with Gasteiger partial charge in [-0.1, -0.05) is 0 Å². The largest absolute Gasteiger partial charge is 0.382 e. The van der Waals surface area contributed by atoms with E-state index in [9.17, 15) is 4.79 Å². The summed E-state index contributed by atoms with van der Waals surface area (Å²) in [6.45, 7) is 6.85. The minimum Gasteiger partial charge on any atom is -0.382 e. The molecule has 1 unspecified atom stereocenters. The van der Waals surface area contributed by atoms with E-state index in [-0.39, 0.29) is 17.2 Å². The number of rotatable bonds is 6. The molecule has 6 nitrogen and oxygen atoms in total. The molecule has 1 atom stereocenters. The van der Waals surface area contributed by atoms with Gasteiger partial charge in [0, 0.05) is 38.7 Å². The quantitative estimate of drug-likeness (QED) is 0.837. The van der Waals surface area contributed by atoms with Crippen LogP contribution in [0.15, 0.2) is 17.2 Å². The van der Waals surface area contributed by atoms with Crippen molar-refractivity contribution in [2.45, 2.75) is 32.4 Å². The number of ether oxygens (including phenoxy) is 2. The van der Waals surface area contributed by atoms with Crippen molar-refractivity contribution in [3.63, 3.8) is 0 Å². The second-order valence-electron chi connectivity index (χ2n) is 5.32. The van der Waals surface area contributed by atoms with Crippen LogP contribution in [0.1, 0.15) is 20.8 Å². The average molecular weight is 269 g/mol. The van der Waals surface area contributed by atoms with Gasteiger partial charge in [-0.05, 0) is 20.8 Å². The van der Waals surface area contributed by atoms with Crippen molar-refractivity contribution in [3.05, 3.63) is 22.7 Å². The third kappa shape index (κ3) is 4.33. The predicted molar refractivity (Wildman–Crippen MR) is 74.7 cm³/mol. The molecule has 0 aliphatic rings. The summed E-state index contributed by atoms with van der Waals surface area (Å²) < 4.78 is 11.9. The van der Waals surface area contributed by atoms with Crippen molar-refractivity contribution in [3.8, 4) is 0 Å². The monoisotopic (exact) mass is 269 g/mol. The highest BCUT2D eigenvalue weighted by Gasteiger charge is 2.17. The average Bonchev–Trinajstić information content (AvgIpc) is 2.34. The molecule has 0 radical (unpaired) electrons. The highest BCUT2D eigenvalue weighted by molar-refractivity contribution is 5.31. The first-order chi connectivity index (χ1) is 8.90. The van der Waals surface area contributed by atoms with Crippen molar-refractivity contribution in [1.82, 2.24) is 9.55 Å². The van der Waals surface area contributed by atoms with E-state index in [0.29, 0.717) is 19.0 Å². The van der Waals surface area contributed by atoms with Crippen LogP contribution in [0, 0.1) is 0 Å². The van der Waals surface area contributed by atoms with E-state index in [1.165, 1.54) is 0 Å². The first-order valence-electron chi connectivity index (χ1n) is 6.24. The molecule has 19 heavy (non-hydrogen) atoms. The van der Waals surface area contributed by atoms with Gasteiger partial charge in [0.1, 0.15) is 0 Å². The normalized spacial score (nSPS) is 13.3. The topological polar surface area (TPSA) is 65.4 Å². The fourth-order valence-electron chi connectivity index (χ4n) is 1.67. The molecular formula is C13H23N3O3. The maximum Gasteiger partial charge on any atom is 0.293 e. The highest BCUT2D eigenvalue weighted by atomic mass is 16.5. The predicted octanol–water partition coefficient (Wildman–Crippen LogP) is 1.07. The molecule has 6 heteroatoms. The van der Waals surface area contributed by atoms with E-state index >= 15 is 0 Å². The Balaban J connectivity index is 2.83. The molecule has 0 amide bonds. The van der Waals surface area contributed by atoms with Crippen molar-refractivity contribution in [2.24, 2.45) is 0 Å². The van der Waals surface area contributed by atoms with Gasteiger partial charge in [0.2, 0.25) is 0 Å². The maximum absolute atomic E-state index is 12.2. The van der Waals surface area contributed by atoms with Crippen LogP contribution in [0.2, 0.25) is 0 Å². The third-order valence-electron chi connectivity index (χ3n) is 2.75. The molecule has 0 fully saturated rings. The first-order valence-corrected chi connectivity index (χ1v) is 6.24. The number of nitrogens with one attached hydrogen (secondary N) is 1. The maximum atomic E-state index is 12.2. The van der Waals surface area contributed by atoms with Crippen LogP contribution in [-0.4, -0.2) is 43.0 Å². The van der Waals surface area contributed by atoms with E-state index in [4.69, 9.17) is 9.47 Å². The number of methoxy groups -OCH3 is 2. The fraction of sp³-hybridized carbons (Fsp3) is 0.692. The standard InChI is InChI=1S/C13H23N3O3/c1-13(2,3)16-7-6-14-11(12(16)17)15-8-10(19-5)9-18-4/h6-7,10H,8-9H2,1-5H3,(H,14,15). The van der Waals surface area contributed by atoms with E-state index in [2.05, 4.69) is 10.3 Å². The zero-order valence-corrected chi connectivity index (χ0v) is 12.3. The summed E-state index contributed by atoms with van der Waals surface area (Å²) >= 11 is 0. The van der Waals surface area contributed by atoms with Gasteiger partial charge < -0.3 is 19.4 Å². The lowest BCUT2D eigenvalue weighted by atomic mass is 10.1. The van der Waals surface area contributed by atoms with Crippen LogP contribution in [0.25, 0.3) is 0 Å². The second kappa shape index (κ2) is 6.68. The Labute approximate surface area is 113 Å². The van der Waals surface area contributed by atoms with Crippen molar-refractivity contribution in [1.29, 1.82) is 0 Å². The molecule has 1 aromatic rings. The Morgan fingerprint density at radius 3 is 2.63 bits per heavy atom. The molecule has 1 heterocycles. The van der Waals surface area contributed by atoms with Crippen LogP contribution in [0.4, 0.5) is 5.82 Å². The Morgan fingerprint density at radius 2 is 2.11 bits per heavy atom. The summed E-state index contributed by atoms with van der Waals surface area (Å²) in [6.07, 6.45) is 3.19. The van der Waals surface area contributed by atoms with Crippen LogP contribution in [0.3, 0.4) is 0 Å². The van der Waals surface area contributed by atoms with Gasteiger partial charge in [-0.3, -0.25) is 4.79 Å². The van der Waals surface area contributed by atoms with Gasteiger partial charge in [-0.15, -0.1) is 0 Å². The minimum absolute atomic E-state index is 0.116. The molecule has 1 rings (SSSR count). The zero-order chi connectivity index (χ0) is 14.5. The number of anilines is 1. The summed E-state index contributed by atoms with van der Waals surface area (Å²) in [6, 6.07) is 0. The van der Waals surface area contributed by atoms with Gasteiger partial charge in [0.05, 0.1) is 12.7 Å². The third-order valence-corrected chi connectivity index (χ3v) is 2.75. The van der Waals surface area contributed by atoms with Gasteiger partial charge in [-0.25, -0.2) is 4.98 Å². The molecule has 0 spiro atoms. The van der Waals surface area contributed by atoms with Gasteiger partial charge in [0.25, 0.3) is 5.56 Å². The lowest BCUT2D eigenvalue weighted by molar-refractivity contribution is 0.0365. The Morgan fingerprint density at radius 1 is 1.42 bits per heavy atom. The molecular weight excluding hydrogens is 246 g/mol. The number of nitrogens with zero attached hydrogens (tertiary/aromatic N) is 2. The van der Waals surface area contributed by atoms with Crippen molar-refractivity contribution < 1.29 is 9.47 Å². The lowest BCUT2D eigenvalue weighted by Crippen LogP contribution is -2.36. The molecule has 0 saturated carbocycles. The van der Waals surface area contributed by atoms with Crippen LogP contribution in [0.5, 0.6) is 0 Å². The number of aromatic nitrogens is 2. The number of hydrogen-bond donors (Lipinski definition) is 1. The Bertz CT molecular complexity index is 451. The molecule has 0 aliphatic carbocycles. The number of hydrogen-bond acceptors (Lipinski definition) is 5. The molecule has 0 aromatic carbocycles. The smallest absolute Gasteiger partial charge is 0.293 e. The van der Waals surface area contributed by atoms with Gasteiger partial charge >= 0.3 is 0 Å². The molecule has 0 saturated heterocycles. The first kappa shape index (κ1) is 15.7. The zero-order valence-electron chi connectivity index (χ0n) is 12.3. The summed E-state index contributed by atoms with van der Waals surface area (Å²) in [5, 5.41) is 3.01. The van der Waals surface area contributed by atoms with Crippen molar-refractivity contribution >= 4 is 5.82 Å². The second-order valence-corrected chi connectivity index (χ2v) is 5.32. The molecule has 1 N–H and O–H groups in total. The highest BCUT2D eigenvalue weighted by Crippen LogP contribution is 2.10. The van der Waals surface area contributed by atoms with Crippen molar-refractivity contribution in [2.75, 3.05) is 32.7 Å². The van der Waals surface area contributed by atoms with Gasteiger partial charge in [-0.2, -0.15) is 0 Å². The SMILES string of the molecule is COCC(CNc1nccn(C(C)(C)C)c1=O)OC. The van der Waals surface area contributed by atoms with E-state index in [1.54, 1.807) is 31.2 Å². The van der Waals surface area contributed by atoms with Gasteiger partial charge in [0.15, 0.2) is 5.82 Å². The lowest BCUT2D eigenvalue weighted by Gasteiger charge is -2.23. The molecule has 0 bridgehead atoms. The summed E-state index contributed by atoms with van der Waals surface area (Å²) in [5.74, 6) is 0.329. The molecule has 1 aromatic heterocycles. The summed E-state index contributed by atoms with van der Waals surface area (Å²) in [5.41, 5.74) is -0.411. The van der Waals surface area contributed by atoms with E-state index < -0.39 is 0 Å². The Hall–Kier alpha value is -1.40. The molecule has 108 valence electrons. The Kier molecular flexibility index (Phi) is 5.50. The minimum atomic E-state index is -0.274. The molecule has 0 aliphatic heterocycles. The van der Waals surface area contributed by atoms with E-state index in [1.807, 2.05) is 20.8 Å². The van der Waals surface area contributed by atoms with Crippen LogP contribution >= 0.6 is 0 Å². The summed E-state index contributed by atoms with van der Waals surface area (Å²) in [4.78, 5) is 16.3. The van der Waals surface area contributed by atoms with Crippen LogP contribution in [-0.2, 0) is 15.0 Å². The van der Waals surface area contributed by atoms with Crippen LogP contribution < -0.4 is 10.9 Å².